The number of hydrogen-bond donors (Lipinski definition) is 1. The fourth-order valence-corrected chi connectivity index (χ4v) is 2.02. The maximum absolute atomic E-state index is 12.1. The second kappa shape index (κ2) is 4.18. The molecule has 1 aliphatic heterocycles. The molecule has 0 aliphatic carbocycles. The average Bonchev–Trinajstić information content (AvgIpc) is 2.36. The van der Waals surface area contributed by atoms with Crippen LogP contribution in [0.3, 0.4) is 0 Å². The first-order valence-corrected chi connectivity index (χ1v) is 5.39. The Hall–Kier alpha value is -1.88. The third kappa shape index (κ3) is 1.78. The molecule has 90 valence electrons. The number of nitrogens with zero attached hydrogens (tertiary/aromatic N) is 2. The van der Waals surface area contributed by atoms with Crippen molar-refractivity contribution in [3.63, 3.8) is 0 Å². The SMILES string of the molecule is CN1C(=O)[C@@H](N)[C@H](c2ccccc2)C(=O)N1C. The second-order valence-corrected chi connectivity index (χ2v) is 4.14. The molecule has 2 rings (SSSR count). The zero-order chi connectivity index (χ0) is 12.6. The van der Waals surface area contributed by atoms with Crippen LogP contribution in [-0.2, 0) is 9.59 Å². The van der Waals surface area contributed by atoms with Gasteiger partial charge in [0.2, 0.25) is 0 Å². The van der Waals surface area contributed by atoms with E-state index in [4.69, 9.17) is 5.73 Å². The Morgan fingerprint density at radius 2 is 1.53 bits per heavy atom. The van der Waals surface area contributed by atoms with Gasteiger partial charge in [-0.25, -0.2) is 0 Å². The van der Waals surface area contributed by atoms with Gasteiger partial charge in [-0.15, -0.1) is 0 Å². The third-order valence-corrected chi connectivity index (χ3v) is 3.16. The van der Waals surface area contributed by atoms with E-state index in [0.717, 1.165) is 5.56 Å². The summed E-state index contributed by atoms with van der Waals surface area (Å²) in [7, 11) is 3.11. The molecule has 0 spiro atoms. The summed E-state index contributed by atoms with van der Waals surface area (Å²) in [6, 6.07) is 8.34. The van der Waals surface area contributed by atoms with Gasteiger partial charge in [0.25, 0.3) is 11.8 Å². The van der Waals surface area contributed by atoms with E-state index in [1.807, 2.05) is 30.3 Å². The molecule has 2 atom stereocenters. The molecule has 0 saturated carbocycles. The van der Waals surface area contributed by atoms with Crippen LogP contribution in [0.4, 0.5) is 0 Å². The van der Waals surface area contributed by atoms with E-state index in [9.17, 15) is 9.59 Å². The molecule has 0 unspecified atom stereocenters. The first-order valence-electron chi connectivity index (χ1n) is 5.39. The Bertz CT molecular complexity index is 446. The van der Waals surface area contributed by atoms with Crippen molar-refractivity contribution in [3.8, 4) is 0 Å². The minimum atomic E-state index is -0.814. The molecule has 2 amide bonds. The van der Waals surface area contributed by atoms with Crippen molar-refractivity contribution in [2.75, 3.05) is 14.1 Å². The zero-order valence-corrected chi connectivity index (χ0v) is 9.83. The van der Waals surface area contributed by atoms with Crippen LogP contribution >= 0.6 is 0 Å². The molecule has 2 N–H and O–H groups in total. The van der Waals surface area contributed by atoms with E-state index in [-0.39, 0.29) is 11.8 Å². The maximum atomic E-state index is 12.1. The van der Waals surface area contributed by atoms with E-state index >= 15 is 0 Å². The van der Waals surface area contributed by atoms with E-state index in [1.54, 1.807) is 14.1 Å². The molecule has 5 heteroatoms. The molecule has 0 radical (unpaired) electrons. The Balaban J connectivity index is 2.40. The standard InChI is InChI=1S/C12H15N3O2/c1-14-11(16)9(8-6-4-3-5-7-8)10(13)12(17)15(14)2/h3-7,9-10H,13H2,1-2H3/t9-,10-/m0/s1. The van der Waals surface area contributed by atoms with Crippen LogP contribution < -0.4 is 5.73 Å². The molecular weight excluding hydrogens is 218 g/mol. The lowest BCUT2D eigenvalue weighted by atomic mass is 9.89. The summed E-state index contributed by atoms with van der Waals surface area (Å²) in [5.74, 6) is -1.00. The summed E-state index contributed by atoms with van der Waals surface area (Å²) in [6.07, 6.45) is 0. The topological polar surface area (TPSA) is 66.6 Å². The van der Waals surface area contributed by atoms with Crippen molar-refractivity contribution in [3.05, 3.63) is 35.9 Å². The van der Waals surface area contributed by atoms with Crippen LogP contribution in [-0.4, -0.2) is 42.0 Å². The monoisotopic (exact) mass is 233 g/mol. The van der Waals surface area contributed by atoms with Gasteiger partial charge < -0.3 is 5.73 Å². The summed E-state index contributed by atoms with van der Waals surface area (Å²) in [5, 5.41) is 2.57. The molecule has 1 saturated heterocycles. The summed E-state index contributed by atoms with van der Waals surface area (Å²) >= 11 is 0. The van der Waals surface area contributed by atoms with Crippen molar-refractivity contribution in [1.82, 2.24) is 10.0 Å². The van der Waals surface area contributed by atoms with Crippen molar-refractivity contribution in [1.29, 1.82) is 0 Å². The molecule has 5 nitrogen and oxygen atoms in total. The summed E-state index contributed by atoms with van der Waals surface area (Å²) in [5.41, 5.74) is 6.64. The molecule has 1 aliphatic rings. The van der Waals surface area contributed by atoms with Crippen molar-refractivity contribution in [2.24, 2.45) is 5.73 Å². The van der Waals surface area contributed by atoms with Crippen LogP contribution in [0.5, 0.6) is 0 Å². The summed E-state index contributed by atoms with van der Waals surface area (Å²) in [4.78, 5) is 24.0. The fourth-order valence-electron chi connectivity index (χ4n) is 2.02. The highest BCUT2D eigenvalue weighted by atomic mass is 16.2. The molecule has 17 heavy (non-hydrogen) atoms. The van der Waals surface area contributed by atoms with Crippen LogP contribution in [0.25, 0.3) is 0 Å². The van der Waals surface area contributed by atoms with Gasteiger partial charge in [-0.05, 0) is 5.56 Å². The molecule has 1 aromatic rings. The van der Waals surface area contributed by atoms with Gasteiger partial charge in [0, 0.05) is 14.1 Å². The number of carbonyl (C=O) groups excluding carboxylic acids is 2. The van der Waals surface area contributed by atoms with Gasteiger partial charge in [-0.3, -0.25) is 19.6 Å². The van der Waals surface area contributed by atoms with Gasteiger partial charge in [-0.2, -0.15) is 0 Å². The number of hydrazine groups is 1. The highest BCUT2D eigenvalue weighted by Gasteiger charge is 2.42. The van der Waals surface area contributed by atoms with Gasteiger partial charge in [0.1, 0.15) is 6.04 Å². The lowest BCUT2D eigenvalue weighted by Crippen LogP contribution is -2.61. The maximum Gasteiger partial charge on any atom is 0.258 e. The normalized spacial score (nSPS) is 25.4. The smallest absolute Gasteiger partial charge is 0.258 e. The Morgan fingerprint density at radius 3 is 2.12 bits per heavy atom. The number of rotatable bonds is 1. The first-order chi connectivity index (χ1) is 8.04. The summed E-state index contributed by atoms with van der Waals surface area (Å²) < 4.78 is 0. The molecule has 0 aromatic heterocycles. The number of amides is 2. The molecule has 1 aromatic carbocycles. The summed E-state index contributed by atoms with van der Waals surface area (Å²) in [6.45, 7) is 0. The Labute approximate surface area is 99.8 Å². The first kappa shape index (κ1) is 11.6. The third-order valence-electron chi connectivity index (χ3n) is 3.16. The predicted molar refractivity (Wildman–Crippen MR) is 62.7 cm³/mol. The minimum absolute atomic E-state index is 0.161. The average molecular weight is 233 g/mol. The largest absolute Gasteiger partial charge is 0.319 e. The Kier molecular flexibility index (Phi) is 2.85. The molecule has 1 heterocycles. The zero-order valence-electron chi connectivity index (χ0n) is 9.83. The highest BCUT2D eigenvalue weighted by Crippen LogP contribution is 2.26. The van der Waals surface area contributed by atoms with Gasteiger partial charge in [-0.1, -0.05) is 30.3 Å². The number of benzene rings is 1. The van der Waals surface area contributed by atoms with E-state index in [0.29, 0.717) is 0 Å². The van der Waals surface area contributed by atoms with Gasteiger partial charge in [0.15, 0.2) is 0 Å². The minimum Gasteiger partial charge on any atom is -0.319 e. The van der Waals surface area contributed by atoms with Gasteiger partial charge in [0.05, 0.1) is 5.92 Å². The van der Waals surface area contributed by atoms with Crippen LogP contribution in [0.15, 0.2) is 30.3 Å². The van der Waals surface area contributed by atoms with E-state index in [1.165, 1.54) is 10.0 Å². The van der Waals surface area contributed by atoms with E-state index < -0.39 is 12.0 Å². The molecule has 1 fully saturated rings. The quantitative estimate of drug-likeness (QED) is 0.739. The lowest BCUT2D eigenvalue weighted by Gasteiger charge is -2.40. The lowest BCUT2D eigenvalue weighted by molar-refractivity contribution is -0.168. The predicted octanol–water partition coefficient (Wildman–Crippen LogP) is -0.0571. The van der Waals surface area contributed by atoms with Crippen molar-refractivity contribution < 1.29 is 9.59 Å². The van der Waals surface area contributed by atoms with Crippen molar-refractivity contribution in [2.45, 2.75) is 12.0 Å². The fraction of sp³-hybridized carbons (Fsp3) is 0.333. The van der Waals surface area contributed by atoms with Crippen LogP contribution in [0.2, 0.25) is 0 Å². The number of hydrogen-bond acceptors (Lipinski definition) is 3. The number of likely N-dealkylation sites (N-methyl/N-ethyl adjacent to an activating group) is 2. The van der Waals surface area contributed by atoms with E-state index in [2.05, 4.69) is 0 Å². The van der Waals surface area contributed by atoms with Crippen LogP contribution in [0.1, 0.15) is 11.5 Å². The second-order valence-electron chi connectivity index (χ2n) is 4.14. The number of carbonyl (C=O) groups is 2. The van der Waals surface area contributed by atoms with Crippen LogP contribution in [0, 0.1) is 0 Å². The molecule has 0 bridgehead atoms. The highest BCUT2D eigenvalue weighted by molar-refractivity contribution is 5.97. The Morgan fingerprint density at radius 1 is 1.00 bits per heavy atom. The number of nitrogens with two attached hydrogens (primary N) is 1. The molecular formula is C12H15N3O2. The van der Waals surface area contributed by atoms with Gasteiger partial charge >= 0.3 is 0 Å². The van der Waals surface area contributed by atoms with Crippen molar-refractivity contribution >= 4 is 11.8 Å².